The Morgan fingerprint density at radius 3 is 2.84 bits per heavy atom. The van der Waals surface area contributed by atoms with Crippen LogP contribution < -0.4 is 16.2 Å². The number of sulfone groups is 1. The van der Waals surface area contributed by atoms with Gasteiger partial charge in [0.2, 0.25) is 5.95 Å². The molecule has 0 bridgehead atoms. The average molecular weight is 301 g/mol. The summed E-state index contributed by atoms with van der Waals surface area (Å²) in [4.78, 5) is 11.1. The molecule has 0 amide bonds. The first-order chi connectivity index (χ1) is 8.90. The maximum atomic E-state index is 11.2. The van der Waals surface area contributed by atoms with Gasteiger partial charge in [0.1, 0.15) is 20.5 Å². The first kappa shape index (κ1) is 14.0. The lowest BCUT2D eigenvalue weighted by Crippen LogP contribution is -2.26. The van der Waals surface area contributed by atoms with E-state index >= 15 is 0 Å². The molecule has 19 heavy (non-hydrogen) atoms. The highest BCUT2D eigenvalue weighted by atomic mass is 32.2. The highest BCUT2D eigenvalue weighted by Gasteiger charge is 2.13. The molecule has 2 aromatic rings. The Hall–Kier alpha value is -1.45. The Labute approximate surface area is 115 Å². The second-order valence-electron chi connectivity index (χ2n) is 4.21. The number of hydrogen-bond donors (Lipinski definition) is 2. The molecule has 2 aromatic heterocycles. The summed E-state index contributed by atoms with van der Waals surface area (Å²) < 4.78 is 22.4. The molecule has 9 heteroatoms. The molecule has 0 saturated heterocycles. The van der Waals surface area contributed by atoms with Crippen LogP contribution in [0.2, 0.25) is 0 Å². The van der Waals surface area contributed by atoms with Crippen LogP contribution in [0.1, 0.15) is 0 Å². The minimum Gasteiger partial charge on any atom is -0.358 e. The number of rotatable bonds is 5. The van der Waals surface area contributed by atoms with Crippen LogP contribution in [0.25, 0.3) is 10.2 Å². The van der Waals surface area contributed by atoms with Crippen LogP contribution in [0.3, 0.4) is 0 Å². The zero-order valence-corrected chi connectivity index (χ0v) is 12.3. The molecule has 2 rings (SSSR count). The molecule has 0 aliphatic heterocycles. The van der Waals surface area contributed by atoms with Gasteiger partial charge in [-0.2, -0.15) is 4.98 Å². The van der Waals surface area contributed by atoms with Crippen molar-refractivity contribution in [3.63, 3.8) is 0 Å². The van der Waals surface area contributed by atoms with Crippen LogP contribution in [0.15, 0.2) is 11.4 Å². The lowest BCUT2D eigenvalue weighted by Gasteiger charge is -2.18. The molecule has 0 radical (unpaired) electrons. The minimum absolute atomic E-state index is 0.0739. The molecule has 0 aliphatic carbocycles. The van der Waals surface area contributed by atoms with E-state index in [1.54, 1.807) is 11.9 Å². The van der Waals surface area contributed by atoms with Gasteiger partial charge in [-0.3, -0.25) is 5.43 Å². The van der Waals surface area contributed by atoms with Gasteiger partial charge in [-0.25, -0.2) is 19.2 Å². The largest absolute Gasteiger partial charge is 0.358 e. The van der Waals surface area contributed by atoms with Crippen molar-refractivity contribution in [1.29, 1.82) is 0 Å². The molecule has 0 aliphatic rings. The van der Waals surface area contributed by atoms with Gasteiger partial charge in [-0.05, 0) is 11.4 Å². The summed E-state index contributed by atoms with van der Waals surface area (Å²) in [5, 5.41) is 2.80. The van der Waals surface area contributed by atoms with Gasteiger partial charge in [0.25, 0.3) is 0 Å². The second-order valence-corrected chi connectivity index (χ2v) is 7.36. The zero-order chi connectivity index (χ0) is 14.0. The van der Waals surface area contributed by atoms with Gasteiger partial charge < -0.3 is 4.90 Å². The summed E-state index contributed by atoms with van der Waals surface area (Å²) in [6.45, 7) is 0.366. The Morgan fingerprint density at radius 2 is 2.21 bits per heavy atom. The predicted octanol–water partition coefficient (Wildman–Crippen LogP) is 0.458. The number of nitrogens with one attached hydrogen (secondary N) is 1. The van der Waals surface area contributed by atoms with Crippen LogP contribution in [0.5, 0.6) is 0 Å². The fourth-order valence-corrected chi connectivity index (χ4v) is 2.97. The third-order valence-corrected chi connectivity index (χ3v) is 4.32. The van der Waals surface area contributed by atoms with Gasteiger partial charge in [-0.15, -0.1) is 11.3 Å². The fraction of sp³-hybridized carbons (Fsp3) is 0.400. The van der Waals surface area contributed by atoms with E-state index in [4.69, 9.17) is 5.84 Å². The summed E-state index contributed by atoms with van der Waals surface area (Å²) in [7, 11) is -1.21. The number of hydrogen-bond acceptors (Lipinski definition) is 8. The van der Waals surface area contributed by atoms with Crippen LogP contribution in [0, 0.1) is 0 Å². The van der Waals surface area contributed by atoms with Crippen molar-refractivity contribution in [3.05, 3.63) is 11.4 Å². The normalized spacial score (nSPS) is 11.7. The second kappa shape index (κ2) is 5.27. The SMILES string of the molecule is CN(CCS(C)(=O)=O)c1nc(NN)nc2sccc12. The lowest BCUT2D eigenvalue weighted by molar-refractivity contribution is 0.601. The van der Waals surface area contributed by atoms with E-state index in [0.717, 1.165) is 10.2 Å². The van der Waals surface area contributed by atoms with E-state index in [1.807, 2.05) is 11.4 Å². The van der Waals surface area contributed by atoms with E-state index in [0.29, 0.717) is 18.3 Å². The summed E-state index contributed by atoms with van der Waals surface area (Å²) in [5.74, 6) is 6.40. The standard InChI is InChI=1S/C10H15N5O2S2/c1-15(4-6-19(2,16)17)8-7-3-5-18-9(7)13-10(12-8)14-11/h3,5H,4,6,11H2,1-2H3,(H,12,13,14). The number of aromatic nitrogens is 2. The summed E-state index contributed by atoms with van der Waals surface area (Å²) in [6.07, 6.45) is 1.22. The quantitative estimate of drug-likeness (QED) is 0.611. The number of hydrazine groups is 1. The predicted molar refractivity (Wildman–Crippen MR) is 78.2 cm³/mol. The zero-order valence-electron chi connectivity index (χ0n) is 10.6. The molecule has 0 atom stereocenters. The van der Waals surface area contributed by atoms with Crippen molar-refractivity contribution in [2.45, 2.75) is 0 Å². The first-order valence-corrected chi connectivity index (χ1v) is 8.45. The smallest absolute Gasteiger partial charge is 0.240 e. The van der Waals surface area contributed by atoms with E-state index in [9.17, 15) is 8.42 Å². The fourth-order valence-electron chi connectivity index (χ4n) is 1.60. The van der Waals surface area contributed by atoms with Crippen molar-refractivity contribution >= 4 is 43.2 Å². The average Bonchev–Trinajstić information content (AvgIpc) is 2.81. The Bertz CT molecular complexity index is 682. The van der Waals surface area contributed by atoms with Gasteiger partial charge in [0, 0.05) is 19.8 Å². The molecule has 3 N–H and O–H groups in total. The Balaban J connectivity index is 2.34. The molecule has 7 nitrogen and oxygen atoms in total. The van der Waals surface area contributed by atoms with Crippen molar-refractivity contribution in [2.75, 3.05) is 35.9 Å². The first-order valence-electron chi connectivity index (χ1n) is 5.51. The number of nitrogens with zero attached hydrogens (tertiary/aromatic N) is 3. The van der Waals surface area contributed by atoms with Crippen molar-refractivity contribution in [3.8, 4) is 0 Å². The van der Waals surface area contributed by atoms with Crippen molar-refractivity contribution in [2.24, 2.45) is 5.84 Å². The third-order valence-electron chi connectivity index (χ3n) is 2.59. The summed E-state index contributed by atoms with van der Waals surface area (Å²) in [6, 6.07) is 1.91. The van der Waals surface area contributed by atoms with Gasteiger partial charge in [0.05, 0.1) is 11.1 Å². The number of nitrogen functional groups attached to an aromatic ring is 1. The number of nitrogens with two attached hydrogens (primary N) is 1. The molecule has 0 saturated carbocycles. The maximum absolute atomic E-state index is 11.2. The third kappa shape index (κ3) is 3.31. The molecule has 0 aromatic carbocycles. The molecular weight excluding hydrogens is 286 g/mol. The number of thiophene rings is 1. The van der Waals surface area contributed by atoms with Gasteiger partial charge in [-0.1, -0.05) is 0 Å². The molecule has 104 valence electrons. The minimum atomic E-state index is -3.01. The monoisotopic (exact) mass is 301 g/mol. The van der Waals surface area contributed by atoms with Crippen LogP contribution in [-0.2, 0) is 9.84 Å². The van der Waals surface area contributed by atoms with E-state index in [-0.39, 0.29) is 5.75 Å². The van der Waals surface area contributed by atoms with Crippen molar-refractivity contribution < 1.29 is 8.42 Å². The molecule has 2 heterocycles. The van der Waals surface area contributed by atoms with E-state index in [1.165, 1.54) is 17.6 Å². The van der Waals surface area contributed by atoms with Crippen LogP contribution in [-0.4, -0.2) is 44.0 Å². The lowest BCUT2D eigenvalue weighted by atomic mass is 10.3. The summed E-state index contributed by atoms with van der Waals surface area (Å²) in [5.41, 5.74) is 2.42. The Kier molecular flexibility index (Phi) is 3.88. The van der Waals surface area contributed by atoms with Crippen molar-refractivity contribution in [1.82, 2.24) is 9.97 Å². The summed E-state index contributed by atoms with van der Waals surface area (Å²) >= 11 is 1.48. The van der Waals surface area contributed by atoms with E-state index < -0.39 is 9.84 Å². The number of anilines is 2. The van der Waals surface area contributed by atoms with Gasteiger partial charge in [0.15, 0.2) is 0 Å². The molecule has 0 unspecified atom stereocenters. The topological polar surface area (TPSA) is 101 Å². The highest BCUT2D eigenvalue weighted by molar-refractivity contribution is 7.90. The van der Waals surface area contributed by atoms with Gasteiger partial charge >= 0.3 is 0 Å². The molecular formula is C10H15N5O2S2. The van der Waals surface area contributed by atoms with Crippen LogP contribution >= 0.6 is 11.3 Å². The van der Waals surface area contributed by atoms with E-state index in [2.05, 4.69) is 15.4 Å². The maximum Gasteiger partial charge on any atom is 0.240 e. The Morgan fingerprint density at radius 1 is 1.47 bits per heavy atom. The molecule has 0 fully saturated rings. The van der Waals surface area contributed by atoms with Crippen LogP contribution in [0.4, 0.5) is 11.8 Å². The molecule has 0 spiro atoms. The number of fused-ring (bicyclic) bond motifs is 1. The highest BCUT2D eigenvalue weighted by Crippen LogP contribution is 2.28.